The highest BCUT2D eigenvalue weighted by Gasteiger charge is 2.57. The van der Waals surface area contributed by atoms with Gasteiger partial charge in [0.25, 0.3) is 0 Å². The van der Waals surface area contributed by atoms with E-state index in [0.29, 0.717) is 0 Å². The molecule has 0 aliphatic carbocycles. The van der Waals surface area contributed by atoms with Gasteiger partial charge in [0.15, 0.2) is 0 Å². The van der Waals surface area contributed by atoms with Crippen molar-refractivity contribution in [3.8, 4) is 0 Å². The van der Waals surface area contributed by atoms with Crippen molar-refractivity contribution >= 4 is 7.71 Å². The van der Waals surface area contributed by atoms with Crippen LogP contribution in [0.1, 0.15) is 20.8 Å². The summed E-state index contributed by atoms with van der Waals surface area (Å²) in [4.78, 5) is 0. The second kappa shape index (κ2) is 4.44. The van der Waals surface area contributed by atoms with Crippen molar-refractivity contribution in [2.75, 3.05) is 42.3 Å². The van der Waals surface area contributed by atoms with Gasteiger partial charge in [0.05, 0.1) is 0 Å². The van der Waals surface area contributed by atoms with Crippen LogP contribution in [0.5, 0.6) is 0 Å². The Morgan fingerprint density at radius 2 is 0.857 bits per heavy atom. The first-order valence-corrected chi connectivity index (χ1v) is 6.65. The Labute approximate surface area is 90.6 Å². The monoisotopic (exact) mass is 220 g/mol. The number of rotatable bonds is 3. The predicted molar refractivity (Wildman–Crippen MR) is 67.7 cm³/mol. The molecular formula is C10H27N3P+. The molecule has 0 amide bonds. The Morgan fingerprint density at radius 1 is 0.643 bits per heavy atom. The Hall–Kier alpha value is 0.310. The third-order valence-electron chi connectivity index (χ3n) is 2.57. The van der Waals surface area contributed by atoms with Gasteiger partial charge in [0.2, 0.25) is 7.71 Å². The maximum atomic E-state index is 2.38. The molecule has 0 heterocycles. The molecule has 0 spiro atoms. The first kappa shape index (κ1) is 14.3. The third-order valence-corrected chi connectivity index (χ3v) is 7.72. The summed E-state index contributed by atoms with van der Waals surface area (Å²) in [6, 6.07) is 0. The topological polar surface area (TPSA) is 9.72 Å². The van der Waals surface area contributed by atoms with Gasteiger partial charge in [-0.1, -0.05) is 0 Å². The van der Waals surface area contributed by atoms with Crippen LogP contribution >= 0.6 is 7.71 Å². The maximum Gasteiger partial charge on any atom is 0.230 e. The molecule has 0 radical (unpaired) electrons. The van der Waals surface area contributed by atoms with Crippen molar-refractivity contribution in [1.82, 2.24) is 14.0 Å². The van der Waals surface area contributed by atoms with Crippen molar-refractivity contribution < 1.29 is 0 Å². The van der Waals surface area contributed by atoms with E-state index in [1.807, 2.05) is 0 Å². The normalized spacial score (nSPS) is 14.6. The van der Waals surface area contributed by atoms with Gasteiger partial charge in [-0.25, -0.2) is 0 Å². The van der Waals surface area contributed by atoms with E-state index in [0.717, 1.165) is 0 Å². The minimum absolute atomic E-state index is 0.267. The minimum atomic E-state index is -1.40. The number of nitrogens with zero attached hydrogens (tertiary/aromatic N) is 3. The van der Waals surface area contributed by atoms with E-state index in [-0.39, 0.29) is 5.16 Å². The molecule has 3 nitrogen and oxygen atoms in total. The highest BCUT2D eigenvalue weighted by Crippen LogP contribution is 2.72. The Balaban J connectivity index is 5.40. The van der Waals surface area contributed by atoms with E-state index in [1.54, 1.807) is 0 Å². The molecule has 0 unspecified atom stereocenters. The summed E-state index contributed by atoms with van der Waals surface area (Å²) >= 11 is 0. The van der Waals surface area contributed by atoms with Gasteiger partial charge in [-0.3, -0.25) is 0 Å². The van der Waals surface area contributed by atoms with Crippen molar-refractivity contribution in [3.05, 3.63) is 0 Å². The molecule has 0 aliphatic rings. The fourth-order valence-electron chi connectivity index (χ4n) is 2.87. The fourth-order valence-corrected chi connectivity index (χ4v) is 8.62. The van der Waals surface area contributed by atoms with Gasteiger partial charge < -0.3 is 0 Å². The quantitative estimate of drug-likeness (QED) is 0.675. The zero-order valence-electron chi connectivity index (χ0n) is 11.3. The summed E-state index contributed by atoms with van der Waals surface area (Å²) in [5, 5.41) is 0.267. The van der Waals surface area contributed by atoms with Gasteiger partial charge in [-0.05, 0) is 20.8 Å². The van der Waals surface area contributed by atoms with Gasteiger partial charge >= 0.3 is 0 Å². The Morgan fingerprint density at radius 3 is 0.857 bits per heavy atom. The molecule has 0 fully saturated rings. The third kappa shape index (κ3) is 2.11. The van der Waals surface area contributed by atoms with Gasteiger partial charge in [0, 0.05) is 42.3 Å². The van der Waals surface area contributed by atoms with Gasteiger partial charge in [-0.15, -0.1) is 0 Å². The van der Waals surface area contributed by atoms with Crippen molar-refractivity contribution in [3.63, 3.8) is 0 Å². The molecule has 0 saturated heterocycles. The molecule has 0 saturated carbocycles. The summed E-state index contributed by atoms with van der Waals surface area (Å²) in [5.74, 6) is 0. The molecule has 4 heteroatoms. The first-order chi connectivity index (χ1) is 6.08. The van der Waals surface area contributed by atoms with Crippen LogP contribution in [0.25, 0.3) is 0 Å². The Kier molecular flexibility index (Phi) is 4.54. The number of hydrogen-bond acceptors (Lipinski definition) is 3. The largest absolute Gasteiger partial charge is 0.230 e. The van der Waals surface area contributed by atoms with Crippen LogP contribution in [-0.2, 0) is 0 Å². The summed E-state index contributed by atoms with van der Waals surface area (Å²) in [6.45, 7) is 6.96. The van der Waals surface area contributed by atoms with E-state index in [2.05, 4.69) is 77.1 Å². The molecule has 0 aromatic carbocycles. The summed E-state index contributed by atoms with van der Waals surface area (Å²) < 4.78 is 7.15. The zero-order chi connectivity index (χ0) is 11.7. The van der Waals surface area contributed by atoms with E-state index < -0.39 is 7.71 Å². The van der Waals surface area contributed by atoms with Crippen LogP contribution in [0.2, 0.25) is 0 Å². The molecule has 0 atom stereocenters. The van der Waals surface area contributed by atoms with E-state index in [9.17, 15) is 0 Å². The average Bonchev–Trinajstić information content (AvgIpc) is 1.79. The fraction of sp³-hybridized carbons (Fsp3) is 1.00. The van der Waals surface area contributed by atoms with Crippen LogP contribution in [-0.4, -0.2) is 61.5 Å². The van der Waals surface area contributed by atoms with Crippen LogP contribution in [0.15, 0.2) is 0 Å². The zero-order valence-corrected chi connectivity index (χ0v) is 12.2. The first-order valence-electron chi connectivity index (χ1n) is 5.01. The minimum Gasteiger partial charge on any atom is -0.154 e. The highest BCUT2D eigenvalue weighted by atomic mass is 31.2. The van der Waals surface area contributed by atoms with Crippen molar-refractivity contribution in [1.29, 1.82) is 0 Å². The summed E-state index contributed by atoms with van der Waals surface area (Å²) in [6.07, 6.45) is 0. The lowest BCUT2D eigenvalue weighted by Crippen LogP contribution is -2.45. The molecule has 14 heavy (non-hydrogen) atoms. The van der Waals surface area contributed by atoms with E-state index in [4.69, 9.17) is 0 Å². The smallest absolute Gasteiger partial charge is 0.154 e. The van der Waals surface area contributed by atoms with Crippen molar-refractivity contribution in [2.24, 2.45) is 0 Å². The summed E-state index contributed by atoms with van der Waals surface area (Å²) in [7, 11) is 11.7. The molecule has 0 aromatic rings. The van der Waals surface area contributed by atoms with E-state index in [1.165, 1.54) is 0 Å². The second-order valence-corrected chi connectivity index (χ2v) is 10.2. The highest BCUT2D eigenvalue weighted by molar-refractivity contribution is 7.70. The summed E-state index contributed by atoms with van der Waals surface area (Å²) in [5.41, 5.74) is 0. The molecule has 0 N–H and O–H groups in total. The van der Waals surface area contributed by atoms with Crippen LogP contribution in [0.3, 0.4) is 0 Å². The molecule has 0 aromatic heterocycles. The molecule has 0 rings (SSSR count). The van der Waals surface area contributed by atoms with Crippen LogP contribution in [0, 0.1) is 0 Å². The standard InChI is InChI=1S/C10H27N3P/c1-10(2,3)14(11(4)5,12(6)7)13(8)9/h1-9H3/q+1. The van der Waals surface area contributed by atoms with Crippen LogP contribution < -0.4 is 0 Å². The maximum absolute atomic E-state index is 2.38. The lowest BCUT2D eigenvalue weighted by atomic mass is 10.3. The Bertz CT molecular complexity index is 161. The van der Waals surface area contributed by atoms with Crippen LogP contribution in [0.4, 0.5) is 0 Å². The van der Waals surface area contributed by atoms with E-state index >= 15 is 0 Å². The molecule has 86 valence electrons. The average molecular weight is 220 g/mol. The SMILES string of the molecule is CN(C)[P+](N(C)C)(N(C)C)C(C)(C)C. The molecule has 0 bridgehead atoms. The lowest BCUT2D eigenvalue weighted by molar-refractivity contribution is 0.422. The lowest BCUT2D eigenvalue weighted by Gasteiger charge is -2.47. The predicted octanol–water partition coefficient (Wildman–Crippen LogP) is 2.23. The van der Waals surface area contributed by atoms with Crippen molar-refractivity contribution in [2.45, 2.75) is 25.9 Å². The molecule has 0 aliphatic heterocycles. The second-order valence-electron chi connectivity index (χ2n) is 5.28. The van der Waals surface area contributed by atoms with Gasteiger partial charge in [0.1, 0.15) is 5.16 Å². The van der Waals surface area contributed by atoms with Gasteiger partial charge in [-0.2, -0.15) is 14.0 Å². The molecular weight excluding hydrogens is 193 g/mol. The number of hydrogen-bond donors (Lipinski definition) is 0.